The molecule has 1 fully saturated rings. The van der Waals surface area contributed by atoms with Crippen LogP contribution in [0.25, 0.3) is 11.2 Å². The lowest BCUT2D eigenvalue weighted by molar-refractivity contribution is -0.140. The van der Waals surface area contributed by atoms with E-state index in [1.807, 2.05) is 0 Å². The van der Waals surface area contributed by atoms with Crippen molar-refractivity contribution >= 4 is 22.0 Å². The summed E-state index contributed by atoms with van der Waals surface area (Å²) in [6.07, 6.45) is -1.06. The number of rotatable bonds is 3. The first-order chi connectivity index (χ1) is 11.3. The summed E-state index contributed by atoms with van der Waals surface area (Å²) in [5, 5.41) is -0.0209. The summed E-state index contributed by atoms with van der Waals surface area (Å²) >= 11 is 0. The molecule has 1 aliphatic rings. The van der Waals surface area contributed by atoms with E-state index in [1.54, 1.807) is 0 Å². The van der Waals surface area contributed by atoms with Gasteiger partial charge in [-0.05, 0) is 12.8 Å². The van der Waals surface area contributed by atoms with Gasteiger partial charge in [0.15, 0.2) is 5.65 Å². The van der Waals surface area contributed by atoms with Gasteiger partial charge >= 0.3 is 11.9 Å². The van der Waals surface area contributed by atoms with Crippen LogP contribution in [0.4, 0.5) is 13.2 Å². The lowest BCUT2D eigenvalue weighted by Crippen LogP contribution is -2.33. The third kappa shape index (κ3) is 3.22. The molecule has 0 N–H and O–H groups in total. The van der Waals surface area contributed by atoms with Gasteiger partial charge in [0.1, 0.15) is 12.1 Å². The molecule has 3 heterocycles. The third-order valence-electron chi connectivity index (χ3n) is 3.83. The fourth-order valence-electron chi connectivity index (χ4n) is 2.79. The maximum absolute atomic E-state index is 12.8. The molecule has 3 rings (SSSR count). The second-order valence-electron chi connectivity index (χ2n) is 5.51. The zero-order valence-electron chi connectivity index (χ0n) is 12.7. The summed E-state index contributed by atoms with van der Waals surface area (Å²) in [7, 11) is -1.51. The van der Waals surface area contributed by atoms with E-state index in [9.17, 15) is 22.2 Å². The van der Waals surface area contributed by atoms with Gasteiger partial charge in [0.25, 0.3) is 0 Å². The Hall–Kier alpha value is -1.75. The Morgan fingerprint density at radius 2 is 2.04 bits per heavy atom. The summed E-state index contributed by atoms with van der Waals surface area (Å²) in [5.41, 5.74) is -0.725. The average molecular weight is 364 g/mol. The minimum atomic E-state index is -4.55. The Bertz CT molecular complexity index is 839. The molecule has 1 atom stereocenters. The van der Waals surface area contributed by atoms with Crippen molar-refractivity contribution in [1.29, 1.82) is 0 Å². The van der Waals surface area contributed by atoms with Crippen molar-refractivity contribution in [2.45, 2.75) is 36.8 Å². The number of hydrogen-bond acceptors (Lipinski definition) is 5. The van der Waals surface area contributed by atoms with E-state index in [4.69, 9.17) is 4.74 Å². The zero-order valence-corrected chi connectivity index (χ0v) is 13.6. The standard InChI is InChI=1S/C13H15F3N4O3S/c1-24(22)11-17-6-9-10(18-11)20(8-2-4-23-5-3-8)12(21)19(9)7-13(14,15)16/h6,8H,2-5,7H2,1H3. The van der Waals surface area contributed by atoms with Gasteiger partial charge in [-0.25, -0.2) is 14.8 Å². The molecule has 0 amide bonds. The summed E-state index contributed by atoms with van der Waals surface area (Å²) in [4.78, 5) is 20.5. The Morgan fingerprint density at radius 1 is 1.38 bits per heavy atom. The fraction of sp³-hybridized carbons (Fsp3) is 0.615. The first-order valence-corrected chi connectivity index (χ1v) is 8.79. The van der Waals surface area contributed by atoms with Crippen LogP contribution in [0, 0.1) is 0 Å². The van der Waals surface area contributed by atoms with Crippen LogP contribution in [0.5, 0.6) is 0 Å². The van der Waals surface area contributed by atoms with Gasteiger partial charge in [-0.1, -0.05) is 0 Å². The van der Waals surface area contributed by atoms with Gasteiger partial charge in [0.05, 0.1) is 17.0 Å². The molecule has 1 aliphatic heterocycles. The Balaban J connectivity index is 2.23. The van der Waals surface area contributed by atoms with Gasteiger partial charge < -0.3 is 4.74 Å². The second kappa shape index (κ2) is 6.28. The van der Waals surface area contributed by atoms with Crippen LogP contribution in [-0.4, -0.2) is 49.0 Å². The number of halogens is 3. The Morgan fingerprint density at radius 3 is 2.62 bits per heavy atom. The zero-order chi connectivity index (χ0) is 17.5. The van der Waals surface area contributed by atoms with Crippen molar-refractivity contribution < 1.29 is 22.1 Å². The van der Waals surface area contributed by atoms with E-state index >= 15 is 0 Å². The SMILES string of the molecule is CS(=O)c1ncc2c(n1)n(C1CCOCC1)c(=O)n2CC(F)(F)F. The molecule has 0 bridgehead atoms. The van der Waals surface area contributed by atoms with Crippen molar-refractivity contribution in [3.05, 3.63) is 16.7 Å². The molecule has 1 saturated heterocycles. The van der Waals surface area contributed by atoms with E-state index in [0.29, 0.717) is 30.6 Å². The van der Waals surface area contributed by atoms with Gasteiger partial charge in [0.2, 0.25) is 5.16 Å². The Kier molecular flexibility index (Phi) is 4.47. The molecule has 0 saturated carbocycles. The van der Waals surface area contributed by atoms with Crippen molar-refractivity contribution in [3.63, 3.8) is 0 Å². The highest BCUT2D eigenvalue weighted by Crippen LogP contribution is 2.25. The van der Waals surface area contributed by atoms with Crippen molar-refractivity contribution in [2.24, 2.45) is 0 Å². The van der Waals surface area contributed by atoms with Crippen LogP contribution >= 0.6 is 0 Å². The molecule has 0 aliphatic carbocycles. The van der Waals surface area contributed by atoms with Crippen LogP contribution < -0.4 is 5.69 Å². The monoisotopic (exact) mass is 364 g/mol. The second-order valence-corrected chi connectivity index (χ2v) is 6.79. The predicted molar refractivity (Wildman–Crippen MR) is 79.3 cm³/mol. The van der Waals surface area contributed by atoms with Crippen molar-refractivity contribution in [2.75, 3.05) is 19.5 Å². The first kappa shape index (κ1) is 17.1. The number of hydrogen-bond donors (Lipinski definition) is 0. The molecular formula is C13H15F3N4O3S. The quantitative estimate of drug-likeness (QED) is 0.766. The lowest BCUT2D eigenvalue weighted by Gasteiger charge is -2.22. The summed E-state index contributed by atoms with van der Waals surface area (Å²) < 4.78 is 57.2. The van der Waals surface area contributed by atoms with Crippen molar-refractivity contribution in [3.8, 4) is 0 Å². The number of alkyl halides is 3. The molecule has 0 radical (unpaired) electrons. The van der Waals surface area contributed by atoms with Crippen LogP contribution in [0.15, 0.2) is 16.1 Å². The fourth-order valence-corrected chi connectivity index (χ4v) is 3.20. The number of imidazole rings is 1. The molecular weight excluding hydrogens is 349 g/mol. The third-order valence-corrected chi connectivity index (χ3v) is 4.55. The van der Waals surface area contributed by atoms with Crippen LogP contribution in [0.3, 0.4) is 0 Å². The smallest absolute Gasteiger partial charge is 0.381 e. The van der Waals surface area contributed by atoms with Gasteiger partial charge in [-0.2, -0.15) is 13.2 Å². The molecule has 24 heavy (non-hydrogen) atoms. The summed E-state index contributed by atoms with van der Waals surface area (Å²) in [6, 6.07) is -0.309. The van der Waals surface area contributed by atoms with Gasteiger partial charge in [-0.15, -0.1) is 0 Å². The normalized spacial score (nSPS) is 18.2. The Labute approximate surface area is 136 Å². The molecule has 2 aromatic heterocycles. The minimum Gasteiger partial charge on any atom is -0.381 e. The minimum absolute atomic E-state index is 0.0157. The van der Waals surface area contributed by atoms with Crippen LogP contribution in [0.1, 0.15) is 18.9 Å². The molecule has 7 nitrogen and oxygen atoms in total. The maximum atomic E-state index is 12.8. The summed E-state index contributed by atoms with van der Waals surface area (Å²) in [6.45, 7) is -0.585. The van der Waals surface area contributed by atoms with Crippen LogP contribution in [0.2, 0.25) is 0 Å². The highest BCUT2D eigenvalue weighted by atomic mass is 32.2. The van der Waals surface area contributed by atoms with E-state index in [2.05, 4.69) is 9.97 Å². The highest BCUT2D eigenvalue weighted by molar-refractivity contribution is 7.84. The van der Waals surface area contributed by atoms with E-state index < -0.39 is 29.2 Å². The molecule has 0 spiro atoms. The molecule has 2 aromatic rings. The molecule has 0 aromatic carbocycles. The molecule has 11 heteroatoms. The lowest BCUT2D eigenvalue weighted by atomic mass is 10.1. The maximum Gasteiger partial charge on any atom is 0.406 e. The highest BCUT2D eigenvalue weighted by Gasteiger charge is 2.32. The molecule has 132 valence electrons. The first-order valence-electron chi connectivity index (χ1n) is 7.23. The number of aromatic nitrogens is 4. The predicted octanol–water partition coefficient (Wildman–Crippen LogP) is 1.24. The number of ether oxygens (including phenoxy) is 1. The number of nitrogens with zero attached hydrogens (tertiary/aromatic N) is 4. The molecule has 1 unspecified atom stereocenters. The van der Waals surface area contributed by atoms with E-state index in [-0.39, 0.29) is 22.4 Å². The topological polar surface area (TPSA) is 79.0 Å². The van der Waals surface area contributed by atoms with Crippen molar-refractivity contribution in [1.82, 2.24) is 19.1 Å². The van der Waals surface area contributed by atoms with E-state index in [1.165, 1.54) is 10.8 Å². The largest absolute Gasteiger partial charge is 0.406 e. The summed E-state index contributed by atoms with van der Waals surface area (Å²) in [5.74, 6) is 0. The average Bonchev–Trinajstić information content (AvgIpc) is 2.78. The van der Waals surface area contributed by atoms with Gasteiger partial charge in [0, 0.05) is 25.5 Å². The van der Waals surface area contributed by atoms with Crippen LogP contribution in [-0.2, 0) is 22.1 Å². The van der Waals surface area contributed by atoms with E-state index in [0.717, 1.165) is 6.20 Å². The van der Waals surface area contributed by atoms with Gasteiger partial charge in [-0.3, -0.25) is 13.3 Å². The number of fused-ring (bicyclic) bond motifs is 1.